The monoisotopic (exact) mass is 224 g/mol. The van der Waals surface area contributed by atoms with Gasteiger partial charge in [-0.2, -0.15) is 0 Å². The van der Waals surface area contributed by atoms with Gasteiger partial charge in [0.15, 0.2) is 5.76 Å². The molecule has 1 aromatic rings. The van der Waals surface area contributed by atoms with Crippen molar-refractivity contribution in [2.24, 2.45) is 11.1 Å². The molecule has 0 radical (unpaired) electrons. The Kier molecular flexibility index (Phi) is 2.98. The maximum absolute atomic E-state index is 11.6. The summed E-state index contributed by atoms with van der Waals surface area (Å²) in [7, 11) is 0. The molecule has 1 fully saturated rings. The highest BCUT2D eigenvalue weighted by Crippen LogP contribution is 2.44. The summed E-state index contributed by atoms with van der Waals surface area (Å²) in [5, 5.41) is 11.8. The van der Waals surface area contributed by atoms with E-state index in [9.17, 15) is 4.79 Å². The number of carbonyl (C=O) groups excluding carboxylic acids is 1. The minimum atomic E-state index is -0.251. The summed E-state index contributed by atoms with van der Waals surface area (Å²) in [5.74, 6) is 0.613. The molecule has 1 aliphatic rings. The van der Waals surface area contributed by atoms with Crippen LogP contribution in [0.1, 0.15) is 29.2 Å². The van der Waals surface area contributed by atoms with Crippen molar-refractivity contribution in [1.82, 2.24) is 5.32 Å². The molecule has 0 aliphatic heterocycles. The van der Waals surface area contributed by atoms with Crippen molar-refractivity contribution in [1.29, 1.82) is 0 Å². The second kappa shape index (κ2) is 4.27. The van der Waals surface area contributed by atoms with Gasteiger partial charge in [0.1, 0.15) is 5.76 Å². The summed E-state index contributed by atoms with van der Waals surface area (Å²) in [4.78, 5) is 11.6. The van der Waals surface area contributed by atoms with E-state index < -0.39 is 0 Å². The molecule has 2 rings (SSSR count). The average Bonchev–Trinajstić information content (AvgIpc) is 2.94. The molecule has 88 valence electrons. The van der Waals surface area contributed by atoms with Crippen molar-refractivity contribution in [3.8, 4) is 0 Å². The topological polar surface area (TPSA) is 88.5 Å². The molecule has 0 atom stereocenters. The first-order chi connectivity index (χ1) is 7.69. The first-order valence-electron chi connectivity index (χ1n) is 5.37. The molecule has 4 N–H and O–H groups in total. The Labute approximate surface area is 93.6 Å². The second-order valence-electron chi connectivity index (χ2n) is 4.31. The molecule has 16 heavy (non-hydrogen) atoms. The van der Waals surface area contributed by atoms with Crippen LogP contribution in [0.15, 0.2) is 16.5 Å². The first kappa shape index (κ1) is 11.2. The van der Waals surface area contributed by atoms with E-state index in [1.54, 1.807) is 12.1 Å². The van der Waals surface area contributed by atoms with E-state index in [-0.39, 0.29) is 30.2 Å². The fourth-order valence-corrected chi connectivity index (χ4v) is 1.53. The lowest BCUT2D eigenvalue weighted by Crippen LogP contribution is -2.31. The lowest BCUT2D eigenvalue weighted by Gasteiger charge is -2.11. The molecule has 1 amide bonds. The van der Waals surface area contributed by atoms with Gasteiger partial charge in [-0.05, 0) is 25.0 Å². The molecule has 5 nitrogen and oxygen atoms in total. The predicted molar refractivity (Wildman–Crippen MR) is 57.7 cm³/mol. The summed E-state index contributed by atoms with van der Waals surface area (Å²) in [6.45, 7) is 0.911. The van der Waals surface area contributed by atoms with Gasteiger partial charge in [-0.1, -0.05) is 0 Å². The summed E-state index contributed by atoms with van der Waals surface area (Å²) in [5.41, 5.74) is 5.30. The number of aliphatic hydroxyl groups excluding tert-OH is 1. The molecule has 5 heteroatoms. The molecular weight excluding hydrogens is 208 g/mol. The van der Waals surface area contributed by atoms with E-state index in [0.29, 0.717) is 12.3 Å². The Morgan fingerprint density at radius 1 is 1.56 bits per heavy atom. The van der Waals surface area contributed by atoms with Crippen LogP contribution in [0.4, 0.5) is 0 Å². The third-order valence-electron chi connectivity index (χ3n) is 3.00. The van der Waals surface area contributed by atoms with Gasteiger partial charge in [0, 0.05) is 12.0 Å². The lowest BCUT2D eigenvalue weighted by molar-refractivity contribution is 0.0905. The fraction of sp³-hybridized carbons (Fsp3) is 0.545. The van der Waals surface area contributed by atoms with E-state index in [1.165, 1.54) is 0 Å². The number of hydrogen-bond donors (Lipinski definition) is 3. The molecule has 0 spiro atoms. The van der Waals surface area contributed by atoms with Crippen molar-refractivity contribution in [3.05, 3.63) is 23.7 Å². The maximum Gasteiger partial charge on any atom is 0.287 e. The quantitative estimate of drug-likeness (QED) is 0.668. The van der Waals surface area contributed by atoms with Gasteiger partial charge >= 0.3 is 0 Å². The summed E-state index contributed by atoms with van der Waals surface area (Å²) < 4.78 is 5.21. The fourth-order valence-electron chi connectivity index (χ4n) is 1.53. The van der Waals surface area contributed by atoms with Crippen LogP contribution in [0.3, 0.4) is 0 Å². The van der Waals surface area contributed by atoms with Gasteiger partial charge in [0.2, 0.25) is 0 Å². The van der Waals surface area contributed by atoms with Crippen LogP contribution in [-0.2, 0) is 6.54 Å². The zero-order valence-corrected chi connectivity index (χ0v) is 9.03. The largest absolute Gasteiger partial charge is 0.455 e. The van der Waals surface area contributed by atoms with Gasteiger partial charge in [-0.15, -0.1) is 0 Å². The molecule has 1 aliphatic carbocycles. The smallest absolute Gasteiger partial charge is 0.287 e. The Morgan fingerprint density at radius 3 is 2.81 bits per heavy atom. The van der Waals surface area contributed by atoms with Crippen LogP contribution < -0.4 is 11.1 Å². The average molecular weight is 224 g/mol. The second-order valence-corrected chi connectivity index (χ2v) is 4.31. The Hall–Kier alpha value is -1.33. The molecule has 0 unspecified atom stereocenters. The molecule has 1 saturated carbocycles. The minimum Gasteiger partial charge on any atom is -0.455 e. The van der Waals surface area contributed by atoms with E-state index in [4.69, 9.17) is 15.3 Å². The number of rotatable bonds is 5. The van der Waals surface area contributed by atoms with Crippen molar-refractivity contribution in [2.75, 3.05) is 13.2 Å². The molecule has 1 heterocycles. The van der Waals surface area contributed by atoms with Gasteiger partial charge in [0.05, 0.1) is 13.2 Å². The number of carbonyl (C=O) groups is 1. The summed E-state index contributed by atoms with van der Waals surface area (Å²) in [6, 6.07) is 3.30. The van der Waals surface area contributed by atoms with Crippen LogP contribution in [0.5, 0.6) is 0 Å². The zero-order chi connectivity index (χ0) is 11.6. The standard InChI is InChI=1S/C11H16N2O3/c12-5-8-1-2-9(16-8)10(15)13-6-11(7-14)3-4-11/h1-2,14H,3-7,12H2,(H,13,15). The normalized spacial score (nSPS) is 17.1. The first-order valence-corrected chi connectivity index (χ1v) is 5.37. The minimum absolute atomic E-state index is 0.0844. The number of nitrogens with two attached hydrogens (primary N) is 1. The third kappa shape index (κ3) is 2.25. The Bertz CT molecular complexity index is 382. The van der Waals surface area contributed by atoms with Crippen molar-refractivity contribution < 1.29 is 14.3 Å². The Balaban J connectivity index is 1.88. The van der Waals surface area contributed by atoms with E-state index >= 15 is 0 Å². The predicted octanol–water partition coefficient (Wildman–Crippen LogP) is 0.241. The highest BCUT2D eigenvalue weighted by Gasteiger charge is 2.42. The highest BCUT2D eigenvalue weighted by atomic mass is 16.4. The van der Waals surface area contributed by atoms with Crippen LogP contribution >= 0.6 is 0 Å². The maximum atomic E-state index is 11.6. The van der Waals surface area contributed by atoms with Crippen LogP contribution in [0.25, 0.3) is 0 Å². The third-order valence-corrected chi connectivity index (χ3v) is 3.00. The molecule has 0 bridgehead atoms. The van der Waals surface area contributed by atoms with Crippen molar-refractivity contribution in [2.45, 2.75) is 19.4 Å². The highest BCUT2D eigenvalue weighted by molar-refractivity contribution is 5.91. The van der Waals surface area contributed by atoms with E-state index in [2.05, 4.69) is 5.32 Å². The van der Waals surface area contributed by atoms with Gasteiger partial charge < -0.3 is 20.6 Å². The van der Waals surface area contributed by atoms with Crippen LogP contribution in [0, 0.1) is 5.41 Å². The summed E-state index contributed by atoms with van der Waals surface area (Å²) >= 11 is 0. The van der Waals surface area contributed by atoms with E-state index in [0.717, 1.165) is 12.8 Å². The molecule has 1 aromatic heterocycles. The lowest BCUT2D eigenvalue weighted by atomic mass is 10.1. The zero-order valence-electron chi connectivity index (χ0n) is 9.03. The number of furan rings is 1. The van der Waals surface area contributed by atoms with E-state index in [1.807, 2.05) is 0 Å². The summed E-state index contributed by atoms with van der Waals surface area (Å²) in [6.07, 6.45) is 1.94. The van der Waals surface area contributed by atoms with Crippen LogP contribution in [0.2, 0.25) is 0 Å². The SMILES string of the molecule is NCc1ccc(C(=O)NCC2(CO)CC2)o1. The molecular formula is C11H16N2O3. The Morgan fingerprint density at radius 2 is 2.31 bits per heavy atom. The van der Waals surface area contributed by atoms with Crippen molar-refractivity contribution >= 4 is 5.91 Å². The number of nitrogens with one attached hydrogen (secondary N) is 1. The number of amides is 1. The van der Waals surface area contributed by atoms with Crippen LogP contribution in [-0.4, -0.2) is 24.2 Å². The molecule has 0 saturated heterocycles. The van der Waals surface area contributed by atoms with Gasteiger partial charge in [0.25, 0.3) is 5.91 Å². The number of aliphatic hydroxyl groups is 1. The van der Waals surface area contributed by atoms with Gasteiger partial charge in [-0.3, -0.25) is 4.79 Å². The van der Waals surface area contributed by atoms with Crippen molar-refractivity contribution in [3.63, 3.8) is 0 Å². The number of hydrogen-bond acceptors (Lipinski definition) is 4. The van der Waals surface area contributed by atoms with Gasteiger partial charge in [-0.25, -0.2) is 0 Å². The molecule has 0 aromatic carbocycles.